The molecule has 140 valence electrons. The molecule has 0 radical (unpaired) electrons. The van der Waals surface area contributed by atoms with E-state index in [9.17, 15) is 14.4 Å². The molecule has 26 heavy (non-hydrogen) atoms. The number of carbonyl (C=O) groups excluding carboxylic acids is 3. The van der Waals surface area contributed by atoms with Crippen LogP contribution in [0, 0.1) is 5.92 Å². The summed E-state index contributed by atoms with van der Waals surface area (Å²) >= 11 is 0. The molecule has 6 nitrogen and oxygen atoms in total. The van der Waals surface area contributed by atoms with E-state index in [1.165, 1.54) is 17.7 Å². The molecule has 0 aromatic heterocycles. The molecule has 0 bridgehead atoms. The van der Waals surface area contributed by atoms with Crippen LogP contribution in [0.4, 0.5) is 0 Å². The molecule has 1 N–H and O–H groups in total. The fourth-order valence-corrected chi connectivity index (χ4v) is 3.69. The van der Waals surface area contributed by atoms with Crippen LogP contribution in [0.15, 0.2) is 24.3 Å². The normalized spacial score (nSPS) is 18.3. The van der Waals surface area contributed by atoms with Crippen LogP contribution in [-0.4, -0.2) is 60.7 Å². The van der Waals surface area contributed by atoms with Crippen LogP contribution in [0.3, 0.4) is 0 Å². The minimum atomic E-state index is -0.256. The number of piperidine rings is 1. The summed E-state index contributed by atoms with van der Waals surface area (Å²) in [6.45, 7) is 3.27. The van der Waals surface area contributed by atoms with Gasteiger partial charge in [0.15, 0.2) is 0 Å². The summed E-state index contributed by atoms with van der Waals surface area (Å²) in [6.07, 6.45) is 4.25. The van der Waals surface area contributed by atoms with Gasteiger partial charge in [0.2, 0.25) is 5.91 Å². The highest BCUT2D eigenvalue weighted by Gasteiger charge is 2.34. The van der Waals surface area contributed by atoms with Gasteiger partial charge in [-0.1, -0.05) is 12.1 Å². The quantitative estimate of drug-likeness (QED) is 0.757. The van der Waals surface area contributed by atoms with Gasteiger partial charge in [-0.05, 0) is 63.9 Å². The highest BCUT2D eigenvalue weighted by molar-refractivity contribution is 6.21. The summed E-state index contributed by atoms with van der Waals surface area (Å²) in [7, 11) is 2.15. The van der Waals surface area contributed by atoms with E-state index < -0.39 is 0 Å². The maximum atomic E-state index is 12.3. The van der Waals surface area contributed by atoms with Crippen LogP contribution in [-0.2, 0) is 4.79 Å². The van der Waals surface area contributed by atoms with Gasteiger partial charge in [-0.3, -0.25) is 19.3 Å². The second-order valence-electron chi connectivity index (χ2n) is 7.30. The molecule has 1 aromatic carbocycles. The number of likely N-dealkylation sites (tertiary alicyclic amines) is 1. The van der Waals surface area contributed by atoms with Crippen LogP contribution in [0.1, 0.15) is 52.8 Å². The lowest BCUT2D eigenvalue weighted by Gasteiger charge is -2.28. The predicted molar refractivity (Wildman–Crippen MR) is 98.9 cm³/mol. The van der Waals surface area contributed by atoms with E-state index >= 15 is 0 Å². The Balaban J connectivity index is 1.34. The minimum Gasteiger partial charge on any atom is -0.356 e. The van der Waals surface area contributed by atoms with Crippen molar-refractivity contribution in [1.82, 2.24) is 15.1 Å². The van der Waals surface area contributed by atoms with Gasteiger partial charge in [0.05, 0.1) is 11.1 Å². The average Bonchev–Trinajstić information content (AvgIpc) is 2.89. The molecule has 1 saturated heterocycles. The number of imide groups is 1. The number of hydrogen-bond donors (Lipinski definition) is 1. The van der Waals surface area contributed by atoms with Crippen LogP contribution in [0.2, 0.25) is 0 Å². The summed E-state index contributed by atoms with van der Waals surface area (Å²) in [5.74, 6) is 0.181. The number of carbonyl (C=O) groups is 3. The van der Waals surface area contributed by atoms with Gasteiger partial charge >= 0.3 is 0 Å². The van der Waals surface area contributed by atoms with E-state index in [0.29, 0.717) is 36.4 Å². The third-order valence-electron chi connectivity index (χ3n) is 5.38. The summed E-state index contributed by atoms with van der Waals surface area (Å²) in [5.41, 5.74) is 0.917. The SMILES string of the molecule is CN1CCC(CCNC(=O)CCCN2C(=O)c3ccccc3C2=O)CC1. The van der Waals surface area contributed by atoms with Gasteiger partial charge in [-0.2, -0.15) is 0 Å². The first-order chi connectivity index (χ1) is 12.6. The van der Waals surface area contributed by atoms with Crippen molar-refractivity contribution in [2.45, 2.75) is 32.1 Å². The second-order valence-corrected chi connectivity index (χ2v) is 7.30. The van der Waals surface area contributed by atoms with Gasteiger partial charge in [0.25, 0.3) is 11.8 Å². The molecule has 0 aliphatic carbocycles. The molecule has 2 heterocycles. The van der Waals surface area contributed by atoms with Crippen LogP contribution in [0.5, 0.6) is 0 Å². The van der Waals surface area contributed by atoms with Crippen molar-refractivity contribution < 1.29 is 14.4 Å². The fraction of sp³-hybridized carbons (Fsp3) is 0.550. The van der Waals surface area contributed by atoms with Crippen molar-refractivity contribution in [3.05, 3.63) is 35.4 Å². The molecule has 2 aliphatic heterocycles. The number of rotatable bonds is 7. The van der Waals surface area contributed by atoms with Crippen LogP contribution >= 0.6 is 0 Å². The molecular formula is C20H27N3O3. The van der Waals surface area contributed by atoms with Crippen molar-refractivity contribution in [3.8, 4) is 0 Å². The van der Waals surface area contributed by atoms with Gasteiger partial charge in [0, 0.05) is 19.5 Å². The maximum Gasteiger partial charge on any atom is 0.261 e. The number of nitrogens with one attached hydrogen (secondary N) is 1. The first-order valence-electron chi connectivity index (χ1n) is 9.46. The number of benzene rings is 1. The summed E-state index contributed by atoms with van der Waals surface area (Å²) in [4.78, 5) is 40.1. The summed E-state index contributed by atoms with van der Waals surface area (Å²) in [5, 5.41) is 2.97. The molecule has 0 unspecified atom stereocenters. The van der Waals surface area contributed by atoms with E-state index in [-0.39, 0.29) is 24.3 Å². The van der Waals surface area contributed by atoms with E-state index in [1.54, 1.807) is 24.3 Å². The van der Waals surface area contributed by atoms with Crippen molar-refractivity contribution in [1.29, 1.82) is 0 Å². The van der Waals surface area contributed by atoms with E-state index in [4.69, 9.17) is 0 Å². The molecule has 0 saturated carbocycles. The number of nitrogens with zero attached hydrogens (tertiary/aromatic N) is 2. The smallest absolute Gasteiger partial charge is 0.261 e. The Morgan fingerprint density at radius 1 is 1.12 bits per heavy atom. The van der Waals surface area contributed by atoms with E-state index in [2.05, 4.69) is 17.3 Å². The highest BCUT2D eigenvalue weighted by Crippen LogP contribution is 2.22. The van der Waals surface area contributed by atoms with Gasteiger partial charge in [-0.15, -0.1) is 0 Å². The molecule has 1 fully saturated rings. The fourth-order valence-electron chi connectivity index (χ4n) is 3.69. The molecule has 0 spiro atoms. The topological polar surface area (TPSA) is 69.7 Å². The molecule has 0 atom stereocenters. The van der Waals surface area contributed by atoms with Crippen molar-refractivity contribution in [3.63, 3.8) is 0 Å². The molecule has 1 aromatic rings. The first kappa shape index (κ1) is 18.6. The number of fused-ring (bicyclic) bond motifs is 1. The van der Waals surface area contributed by atoms with Crippen molar-refractivity contribution in [2.75, 3.05) is 33.2 Å². The Kier molecular flexibility index (Phi) is 6.04. The van der Waals surface area contributed by atoms with Gasteiger partial charge < -0.3 is 10.2 Å². The summed E-state index contributed by atoms with van der Waals surface area (Å²) < 4.78 is 0. The maximum absolute atomic E-state index is 12.3. The lowest BCUT2D eigenvalue weighted by Crippen LogP contribution is -2.33. The summed E-state index contributed by atoms with van der Waals surface area (Å²) in [6, 6.07) is 6.85. The standard InChI is InChI=1S/C20H27N3O3/c1-22-13-9-15(10-14-22)8-11-21-18(24)7-4-12-23-19(25)16-5-2-3-6-17(16)20(23)26/h2-3,5-6,15H,4,7-14H2,1H3,(H,21,24). The first-order valence-corrected chi connectivity index (χ1v) is 9.46. The molecule has 2 aliphatic rings. The third kappa shape index (κ3) is 4.30. The monoisotopic (exact) mass is 357 g/mol. The predicted octanol–water partition coefficient (Wildman–Crippen LogP) is 1.91. The second kappa shape index (κ2) is 8.45. The molecular weight excluding hydrogens is 330 g/mol. The van der Waals surface area contributed by atoms with Crippen molar-refractivity contribution >= 4 is 17.7 Å². The van der Waals surface area contributed by atoms with Crippen molar-refractivity contribution in [2.24, 2.45) is 5.92 Å². The largest absolute Gasteiger partial charge is 0.356 e. The minimum absolute atomic E-state index is 0.00506. The van der Waals surface area contributed by atoms with E-state index in [1.807, 2.05) is 0 Å². The van der Waals surface area contributed by atoms with Crippen LogP contribution in [0.25, 0.3) is 0 Å². The van der Waals surface area contributed by atoms with Crippen LogP contribution < -0.4 is 5.32 Å². The highest BCUT2D eigenvalue weighted by atomic mass is 16.2. The Bertz CT molecular complexity index is 646. The zero-order chi connectivity index (χ0) is 18.5. The zero-order valence-corrected chi connectivity index (χ0v) is 15.4. The zero-order valence-electron chi connectivity index (χ0n) is 15.4. The molecule has 3 amide bonds. The average molecular weight is 357 g/mol. The lowest BCUT2D eigenvalue weighted by atomic mass is 9.94. The Labute approximate surface area is 154 Å². The van der Waals surface area contributed by atoms with E-state index in [0.717, 1.165) is 19.5 Å². The van der Waals surface area contributed by atoms with Gasteiger partial charge in [-0.25, -0.2) is 0 Å². The molecule has 3 rings (SSSR count). The third-order valence-corrected chi connectivity index (χ3v) is 5.38. The Morgan fingerprint density at radius 2 is 1.73 bits per heavy atom. The Morgan fingerprint density at radius 3 is 2.35 bits per heavy atom. The Hall–Kier alpha value is -2.21. The molecule has 6 heteroatoms. The van der Waals surface area contributed by atoms with Gasteiger partial charge in [0.1, 0.15) is 0 Å². The number of hydrogen-bond acceptors (Lipinski definition) is 4. The number of amides is 3. The lowest BCUT2D eigenvalue weighted by molar-refractivity contribution is -0.121.